The lowest BCUT2D eigenvalue weighted by Crippen LogP contribution is -1.97. The van der Waals surface area contributed by atoms with Gasteiger partial charge in [-0.15, -0.1) is 0 Å². The zero-order valence-electron chi connectivity index (χ0n) is 12.9. The van der Waals surface area contributed by atoms with Crippen molar-refractivity contribution in [1.82, 2.24) is 0 Å². The predicted molar refractivity (Wildman–Crippen MR) is 87.4 cm³/mol. The Morgan fingerprint density at radius 2 is 1.76 bits per heavy atom. The Labute approximate surface area is 126 Å². The van der Waals surface area contributed by atoms with E-state index in [0.29, 0.717) is 13.2 Å². The second-order valence-corrected chi connectivity index (χ2v) is 5.19. The van der Waals surface area contributed by atoms with Gasteiger partial charge in [0.2, 0.25) is 0 Å². The molecule has 2 N–H and O–H groups in total. The number of hydrogen-bond acceptors (Lipinski definition) is 2. The molecule has 21 heavy (non-hydrogen) atoms. The Morgan fingerprint density at radius 1 is 0.952 bits per heavy atom. The Morgan fingerprint density at radius 3 is 2.43 bits per heavy atom. The summed E-state index contributed by atoms with van der Waals surface area (Å²) in [7, 11) is 0. The van der Waals surface area contributed by atoms with Crippen LogP contribution in [0.15, 0.2) is 36.4 Å². The molecule has 2 aromatic rings. The van der Waals surface area contributed by atoms with Gasteiger partial charge in [-0.25, -0.2) is 0 Å². The second kappa shape index (κ2) is 6.97. The van der Waals surface area contributed by atoms with Gasteiger partial charge in [-0.3, -0.25) is 0 Å². The van der Waals surface area contributed by atoms with Crippen molar-refractivity contribution in [3.63, 3.8) is 0 Å². The van der Waals surface area contributed by atoms with Crippen molar-refractivity contribution >= 4 is 0 Å². The highest BCUT2D eigenvalue weighted by Crippen LogP contribution is 2.18. The van der Waals surface area contributed by atoms with E-state index in [1.54, 1.807) is 0 Å². The van der Waals surface area contributed by atoms with Crippen molar-refractivity contribution in [2.75, 3.05) is 6.54 Å². The Kier molecular flexibility index (Phi) is 5.03. The first-order valence-corrected chi connectivity index (χ1v) is 7.08. The maximum atomic E-state index is 5.85. The molecule has 2 rings (SSSR count). The molecule has 2 aromatic carbocycles. The van der Waals surface area contributed by atoms with Crippen LogP contribution < -0.4 is 10.5 Å². The van der Waals surface area contributed by atoms with Crippen molar-refractivity contribution < 1.29 is 4.74 Å². The first kappa shape index (κ1) is 15.2. The molecule has 108 valence electrons. The molecule has 0 saturated carbocycles. The van der Waals surface area contributed by atoms with Gasteiger partial charge in [0.1, 0.15) is 12.4 Å². The van der Waals surface area contributed by atoms with Gasteiger partial charge in [-0.05, 0) is 61.2 Å². The average molecular weight is 279 g/mol. The fraction of sp³-hybridized carbons (Fsp3) is 0.263. The summed E-state index contributed by atoms with van der Waals surface area (Å²) in [6.45, 7) is 7.22. The van der Waals surface area contributed by atoms with E-state index in [2.05, 4.69) is 43.9 Å². The van der Waals surface area contributed by atoms with E-state index in [1.807, 2.05) is 25.1 Å². The first-order valence-electron chi connectivity index (χ1n) is 7.08. The van der Waals surface area contributed by atoms with Crippen LogP contribution in [-0.4, -0.2) is 6.54 Å². The molecule has 0 aliphatic heterocycles. The fourth-order valence-electron chi connectivity index (χ4n) is 2.07. The predicted octanol–water partition coefficient (Wildman–Crippen LogP) is 3.50. The highest BCUT2D eigenvalue weighted by Gasteiger charge is 2.01. The topological polar surface area (TPSA) is 35.2 Å². The summed E-state index contributed by atoms with van der Waals surface area (Å²) in [5.41, 5.74) is 11.3. The molecular weight excluding hydrogens is 258 g/mol. The molecule has 2 nitrogen and oxygen atoms in total. The van der Waals surface area contributed by atoms with Gasteiger partial charge in [-0.1, -0.05) is 30.0 Å². The molecule has 0 aliphatic carbocycles. The van der Waals surface area contributed by atoms with Gasteiger partial charge in [-0.2, -0.15) is 0 Å². The average Bonchev–Trinajstić information content (AvgIpc) is 2.47. The molecule has 0 bridgehead atoms. The molecule has 2 heteroatoms. The number of aryl methyl sites for hydroxylation is 3. The van der Waals surface area contributed by atoms with Crippen LogP contribution in [0.5, 0.6) is 5.75 Å². The van der Waals surface area contributed by atoms with E-state index >= 15 is 0 Å². The minimum Gasteiger partial charge on any atom is -0.489 e. The normalized spacial score (nSPS) is 9.90. The number of nitrogens with two attached hydrogens (primary N) is 1. The summed E-state index contributed by atoms with van der Waals surface area (Å²) in [5, 5.41) is 0. The molecule has 0 atom stereocenters. The third kappa shape index (κ3) is 4.11. The zero-order chi connectivity index (χ0) is 15.2. The van der Waals surface area contributed by atoms with Crippen LogP contribution in [0.2, 0.25) is 0 Å². The van der Waals surface area contributed by atoms with Crippen LogP contribution in [0.25, 0.3) is 0 Å². The maximum Gasteiger partial charge on any atom is 0.120 e. The Hall–Kier alpha value is -2.24. The zero-order valence-corrected chi connectivity index (χ0v) is 12.9. The van der Waals surface area contributed by atoms with Gasteiger partial charge in [0, 0.05) is 5.56 Å². The first-order chi connectivity index (χ1) is 10.1. The molecule has 0 spiro atoms. The minimum atomic E-state index is 0.379. The van der Waals surface area contributed by atoms with Crippen LogP contribution in [0.3, 0.4) is 0 Å². The third-order valence-corrected chi connectivity index (χ3v) is 3.50. The molecule has 0 amide bonds. The number of hydrogen-bond donors (Lipinski definition) is 1. The summed E-state index contributed by atoms with van der Waals surface area (Å²) >= 11 is 0. The van der Waals surface area contributed by atoms with Crippen molar-refractivity contribution in [1.29, 1.82) is 0 Å². The smallest absolute Gasteiger partial charge is 0.120 e. The maximum absolute atomic E-state index is 5.85. The highest BCUT2D eigenvalue weighted by molar-refractivity contribution is 5.45. The number of benzene rings is 2. The summed E-state index contributed by atoms with van der Waals surface area (Å²) in [6, 6.07) is 12.4. The highest BCUT2D eigenvalue weighted by atomic mass is 16.5. The van der Waals surface area contributed by atoms with Gasteiger partial charge in [0.25, 0.3) is 0 Å². The molecule has 0 aromatic heterocycles. The van der Waals surface area contributed by atoms with Crippen LogP contribution in [0.1, 0.15) is 27.8 Å². The largest absolute Gasteiger partial charge is 0.489 e. The van der Waals surface area contributed by atoms with E-state index < -0.39 is 0 Å². The van der Waals surface area contributed by atoms with E-state index in [1.165, 1.54) is 16.7 Å². The molecule has 0 heterocycles. The minimum absolute atomic E-state index is 0.379. The molecule has 0 radical (unpaired) electrons. The summed E-state index contributed by atoms with van der Waals surface area (Å²) in [6.07, 6.45) is 0. The third-order valence-electron chi connectivity index (χ3n) is 3.50. The quantitative estimate of drug-likeness (QED) is 0.873. The monoisotopic (exact) mass is 279 g/mol. The molecule has 0 saturated heterocycles. The van der Waals surface area contributed by atoms with Crippen molar-refractivity contribution in [3.8, 4) is 17.6 Å². The Bertz CT molecular complexity index is 692. The van der Waals surface area contributed by atoms with E-state index in [-0.39, 0.29) is 0 Å². The molecular formula is C19H21NO. The van der Waals surface area contributed by atoms with Gasteiger partial charge >= 0.3 is 0 Å². The Balaban J connectivity index is 2.06. The number of rotatable bonds is 3. The van der Waals surface area contributed by atoms with Crippen LogP contribution in [0.4, 0.5) is 0 Å². The van der Waals surface area contributed by atoms with Crippen LogP contribution >= 0.6 is 0 Å². The standard InChI is InChI=1S/C19H21NO/c1-14-6-7-17(11-15(14)2)13-21-19-9-8-18(5-4-10-20)16(3)12-19/h6-9,11-12H,10,13,20H2,1-3H3. The van der Waals surface area contributed by atoms with Gasteiger partial charge in [0.05, 0.1) is 6.54 Å². The SMILES string of the molecule is Cc1ccc(COc2ccc(C#CCN)c(C)c2)cc1C. The summed E-state index contributed by atoms with van der Waals surface area (Å²) in [4.78, 5) is 0. The van der Waals surface area contributed by atoms with E-state index in [4.69, 9.17) is 10.5 Å². The van der Waals surface area contributed by atoms with Gasteiger partial charge in [0.15, 0.2) is 0 Å². The summed E-state index contributed by atoms with van der Waals surface area (Å²) < 4.78 is 5.85. The van der Waals surface area contributed by atoms with E-state index in [9.17, 15) is 0 Å². The second-order valence-electron chi connectivity index (χ2n) is 5.19. The van der Waals surface area contributed by atoms with Crippen LogP contribution in [0, 0.1) is 32.6 Å². The lowest BCUT2D eigenvalue weighted by Gasteiger charge is -2.09. The number of ether oxygens (including phenoxy) is 1. The molecule has 0 fully saturated rings. The molecule has 0 aliphatic rings. The van der Waals surface area contributed by atoms with Crippen LogP contribution in [-0.2, 0) is 6.61 Å². The fourth-order valence-corrected chi connectivity index (χ4v) is 2.07. The summed E-state index contributed by atoms with van der Waals surface area (Å²) in [5.74, 6) is 6.79. The van der Waals surface area contributed by atoms with Crippen molar-refractivity contribution in [2.45, 2.75) is 27.4 Å². The lowest BCUT2D eigenvalue weighted by atomic mass is 10.1. The lowest BCUT2D eigenvalue weighted by molar-refractivity contribution is 0.306. The van der Waals surface area contributed by atoms with Gasteiger partial charge < -0.3 is 10.5 Å². The van der Waals surface area contributed by atoms with Crippen molar-refractivity contribution in [2.24, 2.45) is 5.73 Å². The van der Waals surface area contributed by atoms with Crippen molar-refractivity contribution in [3.05, 3.63) is 64.2 Å². The van der Waals surface area contributed by atoms with E-state index in [0.717, 1.165) is 16.9 Å². The molecule has 0 unspecified atom stereocenters.